The van der Waals surface area contributed by atoms with Gasteiger partial charge in [-0.1, -0.05) is 12.1 Å². The molecule has 1 saturated heterocycles. The topological polar surface area (TPSA) is 96.5 Å². The summed E-state index contributed by atoms with van der Waals surface area (Å²) < 4.78 is 4.55. The largest absolute Gasteiger partial charge is 0.453 e. The summed E-state index contributed by atoms with van der Waals surface area (Å²) in [4.78, 5) is 34.3. The van der Waals surface area contributed by atoms with E-state index in [2.05, 4.69) is 30.2 Å². The zero-order valence-corrected chi connectivity index (χ0v) is 15.2. The Morgan fingerprint density at radius 1 is 1.22 bits per heavy atom. The van der Waals surface area contributed by atoms with Gasteiger partial charge >= 0.3 is 6.09 Å². The van der Waals surface area contributed by atoms with Gasteiger partial charge in [-0.05, 0) is 36.6 Å². The van der Waals surface area contributed by atoms with Crippen LogP contribution in [-0.2, 0) is 16.1 Å². The molecule has 0 bridgehead atoms. The molecule has 0 radical (unpaired) electrons. The molecule has 2 amide bonds. The number of hydrogen-bond donors (Lipinski definition) is 2. The Bertz CT molecular complexity index is 767. The van der Waals surface area contributed by atoms with E-state index in [1.165, 1.54) is 7.11 Å². The highest BCUT2D eigenvalue weighted by Gasteiger charge is 2.26. The summed E-state index contributed by atoms with van der Waals surface area (Å²) in [5, 5.41) is 5.58. The van der Waals surface area contributed by atoms with Crippen LogP contribution in [0.4, 0.5) is 16.4 Å². The van der Waals surface area contributed by atoms with Gasteiger partial charge in [0.15, 0.2) is 0 Å². The fourth-order valence-electron chi connectivity index (χ4n) is 3.04. The van der Waals surface area contributed by atoms with Crippen LogP contribution in [0.25, 0.3) is 0 Å². The van der Waals surface area contributed by atoms with Crippen LogP contribution in [0.2, 0.25) is 0 Å². The van der Waals surface area contributed by atoms with E-state index in [4.69, 9.17) is 0 Å². The van der Waals surface area contributed by atoms with Crippen molar-refractivity contribution in [1.29, 1.82) is 0 Å². The third kappa shape index (κ3) is 5.16. The molecule has 1 aliphatic rings. The molecule has 8 heteroatoms. The van der Waals surface area contributed by atoms with E-state index >= 15 is 0 Å². The van der Waals surface area contributed by atoms with Gasteiger partial charge in [-0.15, -0.1) is 0 Å². The molecular weight excluding hydrogens is 346 g/mol. The van der Waals surface area contributed by atoms with E-state index < -0.39 is 6.09 Å². The monoisotopic (exact) mass is 369 g/mol. The van der Waals surface area contributed by atoms with Crippen LogP contribution < -0.4 is 15.5 Å². The molecule has 0 spiro atoms. The van der Waals surface area contributed by atoms with Crippen molar-refractivity contribution in [2.45, 2.75) is 19.4 Å². The number of nitrogens with one attached hydrogen (secondary N) is 2. The van der Waals surface area contributed by atoms with Crippen molar-refractivity contribution in [3.05, 3.63) is 48.3 Å². The average molecular weight is 369 g/mol. The van der Waals surface area contributed by atoms with E-state index in [1.807, 2.05) is 12.1 Å². The van der Waals surface area contributed by atoms with Crippen LogP contribution in [0.3, 0.4) is 0 Å². The first kappa shape index (κ1) is 18.6. The smallest absolute Gasteiger partial charge is 0.411 e. The molecule has 2 N–H and O–H groups in total. The maximum atomic E-state index is 12.5. The van der Waals surface area contributed by atoms with Crippen LogP contribution in [0.15, 0.2) is 42.7 Å². The maximum absolute atomic E-state index is 12.5. The Balaban J connectivity index is 1.50. The normalized spacial score (nSPS) is 16.5. The number of rotatable bonds is 5. The van der Waals surface area contributed by atoms with Crippen molar-refractivity contribution in [3.63, 3.8) is 0 Å². The first-order valence-electron chi connectivity index (χ1n) is 8.89. The van der Waals surface area contributed by atoms with Crippen LogP contribution in [-0.4, -0.2) is 42.2 Å². The van der Waals surface area contributed by atoms with E-state index in [0.29, 0.717) is 24.7 Å². The Morgan fingerprint density at radius 3 is 2.67 bits per heavy atom. The number of ether oxygens (including phenoxy) is 1. The van der Waals surface area contributed by atoms with Crippen molar-refractivity contribution < 1.29 is 14.3 Å². The molecule has 1 unspecified atom stereocenters. The summed E-state index contributed by atoms with van der Waals surface area (Å²) in [5.41, 5.74) is 1.60. The molecule has 3 rings (SSSR count). The lowest BCUT2D eigenvalue weighted by atomic mass is 9.97. The lowest BCUT2D eigenvalue weighted by Crippen LogP contribution is -2.43. The molecule has 0 saturated carbocycles. The highest BCUT2D eigenvalue weighted by atomic mass is 16.5. The quantitative estimate of drug-likeness (QED) is 0.839. The summed E-state index contributed by atoms with van der Waals surface area (Å²) in [6.45, 7) is 1.93. The fourth-order valence-corrected chi connectivity index (χ4v) is 3.04. The van der Waals surface area contributed by atoms with E-state index in [9.17, 15) is 9.59 Å². The number of methoxy groups -OCH3 is 1. The third-order valence-corrected chi connectivity index (χ3v) is 4.48. The Labute approximate surface area is 158 Å². The summed E-state index contributed by atoms with van der Waals surface area (Å²) in [6, 6.07) is 9.04. The predicted molar refractivity (Wildman–Crippen MR) is 101 cm³/mol. The van der Waals surface area contributed by atoms with Crippen molar-refractivity contribution in [1.82, 2.24) is 15.3 Å². The molecule has 1 fully saturated rings. The van der Waals surface area contributed by atoms with Crippen molar-refractivity contribution in [2.24, 2.45) is 5.92 Å². The van der Waals surface area contributed by atoms with Gasteiger partial charge in [0.25, 0.3) is 0 Å². The Hall–Kier alpha value is -3.16. The van der Waals surface area contributed by atoms with Gasteiger partial charge < -0.3 is 15.0 Å². The Morgan fingerprint density at radius 2 is 1.96 bits per heavy atom. The molecule has 27 heavy (non-hydrogen) atoms. The van der Waals surface area contributed by atoms with Crippen molar-refractivity contribution >= 4 is 23.6 Å². The van der Waals surface area contributed by atoms with Crippen molar-refractivity contribution in [3.8, 4) is 0 Å². The number of anilines is 2. The van der Waals surface area contributed by atoms with Crippen LogP contribution >= 0.6 is 0 Å². The standard InChI is InChI=1S/C19H23N5O3/c1-27-19(26)23-16-7-5-14(6-8-16)12-22-17(25)15-4-2-11-24(13-15)18-20-9-3-10-21-18/h3,5-10,15H,2,4,11-13H2,1H3,(H,22,25)(H,23,26). The summed E-state index contributed by atoms with van der Waals surface area (Å²) in [7, 11) is 1.32. The second-order valence-electron chi connectivity index (χ2n) is 6.37. The number of carbonyl (C=O) groups excluding carboxylic acids is 2. The van der Waals surface area contributed by atoms with E-state index in [0.717, 1.165) is 24.9 Å². The lowest BCUT2D eigenvalue weighted by molar-refractivity contribution is -0.125. The minimum absolute atomic E-state index is 0.0346. The third-order valence-electron chi connectivity index (χ3n) is 4.48. The summed E-state index contributed by atoms with van der Waals surface area (Å²) in [5.74, 6) is 0.624. The lowest BCUT2D eigenvalue weighted by Gasteiger charge is -2.31. The first-order chi connectivity index (χ1) is 13.2. The highest BCUT2D eigenvalue weighted by Crippen LogP contribution is 2.20. The van der Waals surface area contributed by atoms with Gasteiger partial charge in [0.1, 0.15) is 0 Å². The van der Waals surface area contributed by atoms with Gasteiger partial charge in [0.05, 0.1) is 13.0 Å². The van der Waals surface area contributed by atoms with Crippen LogP contribution in [0.1, 0.15) is 18.4 Å². The second kappa shape index (κ2) is 8.98. The van der Waals surface area contributed by atoms with E-state index in [1.54, 1.807) is 30.6 Å². The minimum Gasteiger partial charge on any atom is -0.453 e. The molecule has 1 aromatic heterocycles. The van der Waals surface area contributed by atoms with E-state index in [-0.39, 0.29) is 11.8 Å². The molecule has 8 nitrogen and oxygen atoms in total. The number of hydrogen-bond acceptors (Lipinski definition) is 6. The number of carbonyl (C=O) groups is 2. The highest BCUT2D eigenvalue weighted by molar-refractivity contribution is 5.84. The van der Waals surface area contributed by atoms with Gasteiger partial charge in [-0.2, -0.15) is 0 Å². The first-order valence-corrected chi connectivity index (χ1v) is 8.89. The predicted octanol–water partition coefficient (Wildman–Crippen LogP) is 2.19. The van der Waals surface area contributed by atoms with Gasteiger partial charge in [0, 0.05) is 37.7 Å². The van der Waals surface area contributed by atoms with Crippen molar-refractivity contribution in [2.75, 3.05) is 30.4 Å². The fraction of sp³-hybridized carbons (Fsp3) is 0.368. The van der Waals surface area contributed by atoms with Crippen LogP contribution in [0, 0.1) is 5.92 Å². The van der Waals surface area contributed by atoms with Gasteiger partial charge in [-0.3, -0.25) is 10.1 Å². The minimum atomic E-state index is -0.514. The molecule has 2 aromatic rings. The number of aromatic nitrogens is 2. The molecule has 0 aliphatic carbocycles. The molecule has 1 atom stereocenters. The van der Waals surface area contributed by atoms with Crippen LogP contribution in [0.5, 0.6) is 0 Å². The number of nitrogens with zero attached hydrogens (tertiary/aromatic N) is 3. The number of piperidine rings is 1. The van der Waals surface area contributed by atoms with Gasteiger partial charge in [0.2, 0.25) is 11.9 Å². The zero-order chi connectivity index (χ0) is 19.1. The second-order valence-corrected chi connectivity index (χ2v) is 6.37. The molecule has 1 aliphatic heterocycles. The zero-order valence-electron chi connectivity index (χ0n) is 15.2. The molecule has 1 aromatic carbocycles. The number of amides is 2. The Kier molecular flexibility index (Phi) is 6.19. The number of benzene rings is 1. The molecular formula is C19H23N5O3. The average Bonchev–Trinajstić information content (AvgIpc) is 2.73. The molecule has 2 heterocycles. The SMILES string of the molecule is COC(=O)Nc1ccc(CNC(=O)C2CCCN(c3ncccn3)C2)cc1. The maximum Gasteiger partial charge on any atom is 0.411 e. The summed E-state index contributed by atoms with van der Waals surface area (Å²) in [6.07, 6.45) is 4.71. The molecule has 142 valence electrons. The van der Waals surface area contributed by atoms with Gasteiger partial charge in [-0.25, -0.2) is 14.8 Å². The summed E-state index contributed by atoms with van der Waals surface area (Å²) >= 11 is 0.